The molecule has 0 saturated heterocycles. The molecular formula is C16H27NO2S. The summed E-state index contributed by atoms with van der Waals surface area (Å²) in [4.78, 5) is 1.31. The first-order valence-electron chi connectivity index (χ1n) is 7.30. The van der Waals surface area contributed by atoms with Crippen molar-refractivity contribution in [1.29, 1.82) is 0 Å². The van der Waals surface area contributed by atoms with Gasteiger partial charge in [0, 0.05) is 37.0 Å². The van der Waals surface area contributed by atoms with E-state index in [9.17, 15) is 0 Å². The summed E-state index contributed by atoms with van der Waals surface area (Å²) in [5, 5.41) is 3.44. The molecule has 0 fully saturated rings. The molecule has 1 aromatic carbocycles. The summed E-state index contributed by atoms with van der Waals surface area (Å²) >= 11 is 1.85. The molecule has 3 nitrogen and oxygen atoms in total. The van der Waals surface area contributed by atoms with Crippen molar-refractivity contribution in [3.63, 3.8) is 0 Å². The van der Waals surface area contributed by atoms with Gasteiger partial charge in [0.05, 0.1) is 6.61 Å². The molecular weight excluding hydrogens is 270 g/mol. The maximum atomic E-state index is 5.56. The summed E-state index contributed by atoms with van der Waals surface area (Å²) in [6.07, 6.45) is 0.969. The zero-order chi connectivity index (χ0) is 14.6. The first-order valence-corrected chi connectivity index (χ1v) is 8.29. The average molecular weight is 297 g/mol. The van der Waals surface area contributed by atoms with Crippen molar-refractivity contribution in [3.05, 3.63) is 29.8 Å². The molecule has 0 radical (unpaired) electrons. The highest BCUT2D eigenvalue weighted by Crippen LogP contribution is 2.22. The fourth-order valence-corrected chi connectivity index (χ4v) is 2.75. The number of thioether (sulfide) groups is 1. The van der Waals surface area contributed by atoms with Crippen molar-refractivity contribution in [2.24, 2.45) is 0 Å². The van der Waals surface area contributed by atoms with Gasteiger partial charge in [0.25, 0.3) is 0 Å². The molecule has 0 amide bonds. The van der Waals surface area contributed by atoms with Crippen LogP contribution >= 0.6 is 11.8 Å². The first kappa shape index (κ1) is 17.5. The largest absolute Gasteiger partial charge is 0.385 e. The molecule has 0 aliphatic carbocycles. The van der Waals surface area contributed by atoms with Crippen LogP contribution in [0.2, 0.25) is 0 Å². The van der Waals surface area contributed by atoms with Gasteiger partial charge >= 0.3 is 0 Å². The molecule has 1 rings (SSSR count). The maximum Gasteiger partial charge on any atom is 0.0560 e. The van der Waals surface area contributed by atoms with Crippen LogP contribution in [0, 0.1) is 0 Å². The Labute approximate surface area is 127 Å². The highest BCUT2D eigenvalue weighted by molar-refractivity contribution is 7.99. The SMILES string of the molecule is CCNC(C)c1cccc(SCCOCCCOC)c1. The minimum Gasteiger partial charge on any atom is -0.385 e. The first-order chi connectivity index (χ1) is 9.77. The van der Waals surface area contributed by atoms with E-state index in [1.165, 1.54) is 10.5 Å². The molecule has 20 heavy (non-hydrogen) atoms. The van der Waals surface area contributed by atoms with Gasteiger partial charge < -0.3 is 14.8 Å². The van der Waals surface area contributed by atoms with Crippen molar-refractivity contribution in [3.8, 4) is 0 Å². The summed E-state index contributed by atoms with van der Waals surface area (Å²) in [7, 11) is 1.72. The normalized spacial score (nSPS) is 12.6. The quantitative estimate of drug-likeness (QED) is 0.500. The Bertz CT molecular complexity index is 360. The van der Waals surface area contributed by atoms with E-state index in [0.29, 0.717) is 6.04 Å². The standard InChI is InChI=1S/C16H27NO2S/c1-4-17-14(2)15-7-5-8-16(13-15)20-12-11-19-10-6-9-18-3/h5,7-8,13-14,17H,4,6,9-12H2,1-3H3. The van der Waals surface area contributed by atoms with Crippen molar-refractivity contribution >= 4 is 11.8 Å². The Balaban J connectivity index is 2.25. The summed E-state index contributed by atoms with van der Waals surface area (Å²) in [6, 6.07) is 9.15. The Kier molecular flexibility index (Phi) is 9.75. The Hall–Kier alpha value is -0.550. The lowest BCUT2D eigenvalue weighted by Crippen LogP contribution is -2.17. The number of rotatable bonds is 11. The Morgan fingerprint density at radius 3 is 2.85 bits per heavy atom. The Morgan fingerprint density at radius 1 is 1.25 bits per heavy atom. The third-order valence-electron chi connectivity index (χ3n) is 3.00. The van der Waals surface area contributed by atoms with Crippen molar-refractivity contribution in [1.82, 2.24) is 5.32 Å². The molecule has 0 heterocycles. The lowest BCUT2D eigenvalue weighted by Gasteiger charge is -2.13. The predicted octanol–water partition coefficient (Wildman–Crippen LogP) is 3.50. The second kappa shape index (κ2) is 11.1. The minimum atomic E-state index is 0.408. The van der Waals surface area contributed by atoms with Crippen molar-refractivity contribution in [2.75, 3.05) is 39.2 Å². The van der Waals surface area contributed by atoms with Crippen LogP contribution in [0.3, 0.4) is 0 Å². The molecule has 1 N–H and O–H groups in total. The lowest BCUT2D eigenvalue weighted by molar-refractivity contribution is 0.113. The highest BCUT2D eigenvalue weighted by Gasteiger charge is 2.04. The van der Waals surface area contributed by atoms with Gasteiger partial charge in [-0.1, -0.05) is 19.1 Å². The van der Waals surface area contributed by atoms with Gasteiger partial charge in [-0.15, -0.1) is 11.8 Å². The molecule has 0 bridgehead atoms. The second-order valence-electron chi connectivity index (χ2n) is 4.66. The summed E-state index contributed by atoms with van der Waals surface area (Å²) in [5.41, 5.74) is 1.35. The molecule has 1 aromatic rings. The van der Waals surface area contributed by atoms with Crippen LogP contribution in [0.4, 0.5) is 0 Å². The zero-order valence-corrected chi connectivity index (χ0v) is 13.7. The summed E-state index contributed by atoms with van der Waals surface area (Å²) in [6.45, 7) is 7.68. The number of ether oxygens (including phenoxy) is 2. The van der Waals surface area contributed by atoms with Gasteiger partial charge in [-0.25, -0.2) is 0 Å². The maximum absolute atomic E-state index is 5.56. The van der Waals surface area contributed by atoms with Crippen LogP contribution in [0.1, 0.15) is 31.9 Å². The molecule has 0 aromatic heterocycles. The monoisotopic (exact) mass is 297 g/mol. The molecule has 0 saturated carbocycles. The number of methoxy groups -OCH3 is 1. The van der Waals surface area contributed by atoms with E-state index in [0.717, 1.165) is 38.5 Å². The smallest absolute Gasteiger partial charge is 0.0560 e. The number of benzene rings is 1. The number of nitrogens with one attached hydrogen (secondary N) is 1. The van der Waals surface area contributed by atoms with Gasteiger partial charge in [-0.2, -0.15) is 0 Å². The van der Waals surface area contributed by atoms with E-state index in [-0.39, 0.29) is 0 Å². The van der Waals surface area contributed by atoms with Crippen molar-refractivity contribution in [2.45, 2.75) is 31.2 Å². The Morgan fingerprint density at radius 2 is 2.10 bits per heavy atom. The minimum absolute atomic E-state index is 0.408. The van der Waals surface area contributed by atoms with E-state index >= 15 is 0 Å². The molecule has 0 aliphatic rings. The van der Waals surface area contributed by atoms with Crippen LogP contribution in [-0.2, 0) is 9.47 Å². The van der Waals surface area contributed by atoms with Gasteiger partial charge in [0.2, 0.25) is 0 Å². The van der Waals surface area contributed by atoms with Crippen LogP contribution in [-0.4, -0.2) is 39.2 Å². The number of hydrogen-bond donors (Lipinski definition) is 1. The van der Waals surface area contributed by atoms with Gasteiger partial charge in [0.15, 0.2) is 0 Å². The average Bonchev–Trinajstić information content (AvgIpc) is 2.47. The lowest BCUT2D eigenvalue weighted by atomic mass is 10.1. The summed E-state index contributed by atoms with van der Waals surface area (Å²) in [5.74, 6) is 0.992. The third kappa shape index (κ3) is 7.29. The van der Waals surface area contributed by atoms with Crippen LogP contribution in [0.15, 0.2) is 29.2 Å². The molecule has 1 atom stereocenters. The van der Waals surface area contributed by atoms with Crippen LogP contribution in [0.5, 0.6) is 0 Å². The summed E-state index contributed by atoms with van der Waals surface area (Å²) < 4.78 is 10.5. The van der Waals surface area contributed by atoms with Crippen LogP contribution in [0.25, 0.3) is 0 Å². The molecule has 114 valence electrons. The second-order valence-corrected chi connectivity index (χ2v) is 5.83. The fraction of sp³-hybridized carbons (Fsp3) is 0.625. The number of hydrogen-bond acceptors (Lipinski definition) is 4. The van der Waals surface area contributed by atoms with Gasteiger partial charge in [-0.05, 0) is 37.6 Å². The van der Waals surface area contributed by atoms with E-state index in [2.05, 4.69) is 43.4 Å². The van der Waals surface area contributed by atoms with Crippen molar-refractivity contribution < 1.29 is 9.47 Å². The highest BCUT2D eigenvalue weighted by atomic mass is 32.2. The van der Waals surface area contributed by atoms with Gasteiger partial charge in [-0.3, -0.25) is 0 Å². The van der Waals surface area contributed by atoms with E-state index < -0.39 is 0 Å². The third-order valence-corrected chi connectivity index (χ3v) is 3.96. The zero-order valence-electron chi connectivity index (χ0n) is 12.9. The van der Waals surface area contributed by atoms with E-state index in [1.54, 1.807) is 7.11 Å². The molecule has 4 heteroatoms. The predicted molar refractivity (Wildman–Crippen MR) is 86.6 cm³/mol. The van der Waals surface area contributed by atoms with E-state index in [4.69, 9.17) is 9.47 Å². The van der Waals surface area contributed by atoms with E-state index in [1.807, 2.05) is 11.8 Å². The molecule has 0 aliphatic heterocycles. The topological polar surface area (TPSA) is 30.5 Å². The van der Waals surface area contributed by atoms with Crippen LogP contribution < -0.4 is 5.32 Å². The molecule has 0 spiro atoms. The molecule has 1 unspecified atom stereocenters. The fourth-order valence-electron chi connectivity index (χ4n) is 1.92. The van der Waals surface area contributed by atoms with Gasteiger partial charge in [0.1, 0.15) is 0 Å².